The molecule has 120 valence electrons. The second kappa shape index (κ2) is 9.87. The Kier molecular flexibility index (Phi) is 9.42. The number of nitrogen functional groups attached to an aromatic ring is 1. The zero-order chi connectivity index (χ0) is 13.7. The van der Waals surface area contributed by atoms with Crippen LogP contribution in [-0.4, -0.2) is 37.0 Å². The summed E-state index contributed by atoms with van der Waals surface area (Å²) in [5.74, 6) is 0.732. The number of anilines is 1. The summed E-state index contributed by atoms with van der Waals surface area (Å²) in [6, 6.07) is 7.08. The molecule has 1 aliphatic heterocycles. The van der Waals surface area contributed by atoms with Gasteiger partial charge in [-0.1, -0.05) is 13.0 Å². The quantitative estimate of drug-likeness (QED) is 0.832. The Labute approximate surface area is 139 Å². The Balaban J connectivity index is 0.00000200. The number of likely N-dealkylation sites (tertiary alicyclic amines) is 1. The van der Waals surface area contributed by atoms with Gasteiger partial charge in [0.25, 0.3) is 5.91 Å². The second-order valence-corrected chi connectivity index (χ2v) is 5.43. The number of nitrogens with two attached hydrogens (primary N) is 1. The van der Waals surface area contributed by atoms with E-state index in [0.29, 0.717) is 17.8 Å². The third-order valence-electron chi connectivity index (χ3n) is 3.60. The summed E-state index contributed by atoms with van der Waals surface area (Å²) < 4.78 is 0. The van der Waals surface area contributed by atoms with Crippen LogP contribution in [-0.2, 0) is 0 Å². The van der Waals surface area contributed by atoms with Gasteiger partial charge in [-0.3, -0.25) is 4.79 Å². The maximum Gasteiger partial charge on any atom is 0.251 e. The highest BCUT2D eigenvalue weighted by Gasteiger charge is 2.15. The second-order valence-electron chi connectivity index (χ2n) is 5.43. The molecule has 4 nitrogen and oxygen atoms in total. The molecular weight excluding hydrogens is 309 g/mol. The highest BCUT2D eigenvalue weighted by Crippen LogP contribution is 2.14. The number of hydrogen-bond acceptors (Lipinski definition) is 3. The van der Waals surface area contributed by atoms with Crippen LogP contribution < -0.4 is 11.1 Å². The Morgan fingerprint density at radius 1 is 1.43 bits per heavy atom. The molecule has 1 heterocycles. The molecule has 1 amide bonds. The molecule has 6 heteroatoms. The zero-order valence-electron chi connectivity index (χ0n) is 12.4. The zero-order valence-corrected chi connectivity index (χ0v) is 14.0. The molecule has 1 fully saturated rings. The van der Waals surface area contributed by atoms with E-state index in [2.05, 4.69) is 17.1 Å². The van der Waals surface area contributed by atoms with Crippen molar-refractivity contribution in [3.63, 3.8) is 0 Å². The first-order valence-corrected chi connectivity index (χ1v) is 7.01. The van der Waals surface area contributed by atoms with Crippen molar-refractivity contribution in [2.24, 2.45) is 5.92 Å². The van der Waals surface area contributed by atoms with E-state index in [1.165, 1.54) is 12.8 Å². The van der Waals surface area contributed by atoms with Gasteiger partial charge in [0.15, 0.2) is 0 Å². The number of halogens is 2. The molecule has 0 radical (unpaired) electrons. The molecular formula is C15H25Cl2N3O. The van der Waals surface area contributed by atoms with Crippen molar-refractivity contribution in [3.05, 3.63) is 29.8 Å². The first-order chi connectivity index (χ1) is 9.15. The van der Waals surface area contributed by atoms with Gasteiger partial charge in [0.1, 0.15) is 0 Å². The van der Waals surface area contributed by atoms with Crippen LogP contribution in [0.5, 0.6) is 0 Å². The highest BCUT2D eigenvalue weighted by molar-refractivity contribution is 5.94. The minimum Gasteiger partial charge on any atom is -0.399 e. The maximum atomic E-state index is 11.9. The minimum atomic E-state index is -0.0441. The van der Waals surface area contributed by atoms with Crippen molar-refractivity contribution in [2.75, 3.05) is 31.9 Å². The number of amides is 1. The third-order valence-corrected chi connectivity index (χ3v) is 3.60. The van der Waals surface area contributed by atoms with Gasteiger partial charge in [-0.05, 0) is 43.5 Å². The van der Waals surface area contributed by atoms with E-state index in [0.717, 1.165) is 25.6 Å². The third kappa shape index (κ3) is 6.55. The molecule has 0 bridgehead atoms. The van der Waals surface area contributed by atoms with Crippen molar-refractivity contribution >= 4 is 36.4 Å². The van der Waals surface area contributed by atoms with Gasteiger partial charge < -0.3 is 16.0 Å². The number of nitrogens with zero attached hydrogens (tertiary/aromatic N) is 1. The molecule has 1 aliphatic rings. The molecule has 0 saturated carbocycles. The smallest absolute Gasteiger partial charge is 0.251 e. The van der Waals surface area contributed by atoms with Crippen LogP contribution in [0.4, 0.5) is 5.69 Å². The Bertz CT molecular complexity index is 443. The highest BCUT2D eigenvalue weighted by atomic mass is 35.5. The molecule has 1 aromatic rings. The van der Waals surface area contributed by atoms with E-state index < -0.39 is 0 Å². The molecule has 0 spiro atoms. The fraction of sp³-hybridized carbons (Fsp3) is 0.533. The average Bonchev–Trinajstić information content (AvgIpc) is 2.38. The van der Waals surface area contributed by atoms with Gasteiger partial charge in [0.2, 0.25) is 0 Å². The SMILES string of the molecule is CC1CCCN(CCNC(=O)c2cccc(N)c2)C1.Cl.Cl. The number of nitrogens with one attached hydrogen (secondary N) is 1. The number of piperidine rings is 1. The fourth-order valence-electron chi connectivity index (χ4n) is 2.60. The van der Waals surface area contributed by atoms with Gasteiger partial charge >= 0.3 is 0 Å². The first kappa shape index (κ1) is 20.0. The van der Waals surface area contributed by atoms with Crippen LogP contribution in [0, 0.1) is 5.92 Å². The van der Waals surface area contributed by atoms with Crippen LogP contribution in [0.1, 0.15) is 30.1 Å². The maximum absolute atomic E-state index is 11.9. The topological polar surface area (TPSA) is 58.4 Å². The van der Waals surface area contributed by atoms with E-state index in [-0.39, 0.29) is 30.7 Å². The lowest BCUT2D eigenvalue weighted by molar-refractivity contribution is 0.0944. The summed E-state index contributed by atoms with van der Waals surface area (Å²) in [6.45, 7) is 6.21. The Morgan fingerprint density at radius 3 is 2.86 bits per heavy atom. The van der Waals surface area contributed by atoms with E-state index in [1.54, 1.807) is 24.3 Å². The van der Waals surface area contributed by atoms with E-state index >= 15 is 0 Å². The standard InChI is InChI=1S/C15H23N3O.2ClH/c1-12-4-3-8-18(11-12)9-7-17-15(19)13-5-2-6-14(16)10-13;;/h2,5-6,10,12H,3-4,7-9,11,16H2,1H3,(H,17,19);2*1H. The van der Waals surface area contributed by atoms with Gasteiger partial charge in [-0.25, -0.2) is 0 Å². The molecule has 1 saturated heterocycles. The molecule has 0 aliphatic carbocycles. The summed E-state index contributed by atoms with van der Waals surface area (Å²) in [7, 11) is 0. The van der Waals surface area contributed by atoms with E-state index in [9.17, 15) is 4.79 Å². The molecule has 1 unspecified atom stereocenters. The number of carbonyl (C=O) groups is 1. The molecule has 3 N–H and O–H groups in total. The van der Waals surface area contributed by atoms with E-state index in [4.69, 9.17) is 5.73 Å². The number of carbonyl (C=O) groups excluding carboxylic acids is 1. The Hall–Kier alpha value is -0.970. The lowest BCUT2D eigenvalue weighted by Gasteiger charge is -2.30. The van der Waals surface area contributed by atoms with Crippen molar-refractivity contribution in [1.82, 2.24) is 10.2 Å². The van der Waals surface area contributed by atoms with Crippen LogP contribution in [0.3, 0.4) is 0 Å². The minimum absolute atomic E-state index is 0. The first-order valence-electron chi connectivity index (χ1n) is 7.01. The number of rotatable bonds is 4. The molecule has 1 atom stereocenters. The average molecular weight is 334 g/mol. The summed E-state index contributed by atoms with van der Waals surface area (Å²) in [4.78, 5) is 14.3. The summed E-state index contributed by atoms with van der Waals surface area (Å²) in [5.41, 5.74) is 6.92. The van der Waals surface area contributed by atoms with Crippen molar-refractivity contribution < 1.29 is 4.79 Å². The normalized spacial score (nSPS) is 18.2. The molecule has 1 aromatic carbocycles. The van der Waals surface area contributed by atoms with Crippen LogP contribution in [0.15, 0.2) is 24.3 Å². The van der Waals surface area contributed by atoms with Crippen molar-refractivity contribution in [1.29, 1.82) is 0 Å². The van der Waals surface area contributed by atoms with Gasteiger partial charge in [-0.2, -0.15) is 0 Å². The van der Waals surface area contributed by atoms with Gasteiger partial charge in [0.05, 0.1) is 0 Å². The lowest BCUT2D eigenvalue weighted by Crippen LogP contribution is -2.40. The summed E-state index contributed by atoms with van der Waals surface area (Å²) >= 11 is 0. The number of benzene rings is 1. The monoisotopic (exact) mass is 333 g/mol. The Morgan fingerprint density at radius 2 is 2.19 bits per heavy atom. The molecule has 0 aromatic heterocycles. The summed E-state index contributed by atoms with van der Waals surface area (Å²) in [5, 5.41) is 2.95. The molecule has 21 heavy (non-hydrogen) atoms. The van der Waals surface area contributed by atoms with E-state index in [1.807, 2.05) is 0 Å². The van der Waals surface area contributed by atoms with Crippen LogP contribution in [0.25, 0.3) is 0 Å². The van der Waals surface area contributed by atoms with Crippen molar-refractivity contribution in [3.8, 4) is 0 Å². The molecule has 2 rings (SSSR count). The lowest BCUT2D eigenvalue weighted by atomic mass is 10.0. The largest absolute Gasteiger partial charge is 0.399 e. The van der Waals surface area contributed by atoms with Gasteiger partial charge in [-0.15, -0.1) is 24.8 Å². The van der Waals surface area contributed by atoms with Gasteiger partial charge in [0, 0.05) is 30.9 Å². The van der Waals surface area contributed by atoms with Crippen molar-refractivity contribution in [2.45, 2.75) is 19.8 Å². The fourth-order valence-corrected chi connectivity index (χ4v) is 2.60. The number of hydrogen-bond donors (Lipinski definition) is 2. The predicted molar refractivity (Wildman–Crippen MR) is 92.5 cm³/mol. The van der Waals surface area contributed by atoms with Crippen LogP contribution in [0.2, 0.25) is 0 Å². The van der Waals surface area contributed by atoms with Crippen LogP contribution >= 0.6 is 24.8 Å². The predicted octanol–water partition coefficient (Wildman–Crippen LogP) is 2.57. The summed E-state index contributed by atoms with van der Waals surface area (Å²) in [6.07, 6.45) is 2.59.